The van der Waals surface area contributed by atoms with E-state index in [2.05, 4.69) is 27.7 Å². The molecule has 8 fully saturated rings. The number of aliphatic hydroxyl groups is 7. The van der Waals surface area contributed by atoms with E-state index in [0.717, 1.165) is 45.1 Å². The molecule has 4 heterocycles. The fourth-order valence-corrected chi connectivity index (χ4v) is 13.2. The smallest absolute Gasteiger partial charge is 0.187 e. The Morgan fingerprint density at radius 2 is 1.37 bits per heavy atom. The summed E-state index contributed by atoms with van der Waals surface area (Å²) in [7, 11) is 0. The first-order valence-electron chi connectivity index (χ1n) is 20.3. The van der Waals surface area contributed by atoms with E-state index in [1.54, 1.807) is 0 Å². The summed E-state index contributed by atoms with van der Waals surface area (Å²) >= 11 is 0. The zero-order valence-corrected chi connectivity index (χ0v) is 31.2. The van der Waals surface area contributed by atoms with Crippen LogP contribution in [0.25, 0.3) is 0 Å². The third-order valence-electron chi connectivity index (χ3n) is 16.2. The summed E-state index contributed by atoms with van der Waals surface area (Å²) in [6, 6.07) is 0. The second-order valence-corrected chi connectivity index (χ2v) is 18.7. The molecule has 8 aliphatic rings. The predicted octanol–water partition coefficient (Wildman–Crippen LogP) is 1.44. The third-order valence-corrected chi connectivity index (χ3v) is 16.2. The zero-order valence-electron chi connectivity index (χ0n) is 31.2. The molecule has 4 saturated carbocycles. The van der Waals surface area contributed by atoms with Crippen molar-refractivity contribution in [3.63, 3.8) is 0 Å². The van der Waals surface area contributed by atoms with Gasteiger partial charge in [0.1, 0.15) is 48.8 Å². The molecule has 0 aromatic heterocycles. The number of aliphatic hydroxyl groups excluding tert-OH is 7. The van der Waals surface area contributed by atoms with Gasteiger partial charge in [0.05, 0.1) is 32.0 Å². The largest absolute Gasteiger partial charge is 0.394 e. The minimum Gasteiger partial charge on any atom is -0.394 e. The Kier molecular flexibility index (Phi) is 10.4. The van der Waals surface area contributed by atoms with E-state index >= 15 is 0 Å². The van der Waals surface area contributed by atoms with Crippen molar-refractivity contribution < 1.29 is 64.2 Å². The lowest BCUT2D eigenvalue weighted by Gasteiger charge is -2.61. The maximum Gasteiger partial charge on any atom is 0.187 e. The van der Waals surface area contributed by atoms with Crippen molar-refractivity contribution in [2.45, 2.75) is 171 Å². The molecule has 0 aromatic rings. The van der Waals surface area contributed by atoms with E-state index in [0.29, 0.717) is 41.4 Å². The van der Waals surface area contributed by atoms with Gasteiger partial charge in [0.25, 0.3) is 0 Å². The molecule has 4 aliphatic heterocycles. The van der Waals surface area contributed by atoms with E-state index in [9.17, 15) is 35.7 Å². The summed E-state index contributed by atoms with van der Waals surface area (Å²) in [5, 5.41) is 72.8. The first-order valence-corrected chi connectivity index (χ1v) is 20.3. The Balaban J connectivity index is 0.892. The van der Waals surface area contributed by atoms with Gasteiger partial charge in [-0.1, -0.05) is 27.7 Å². The minimum atomic E-state index is -1.71. The fraction of sp³-hybridized carbons (Fsp3) is 1.00. The van der Waals surface area contributed by atoms with Crippen molar-refractivity contribution >= 4 is 0 Å². The van der Waals surface area contributed by atoms with Crippen LogP contribution in [0.2, 0.25) is 0 Å². The minimum absolute atomic E-state index is 0.188. The SMILES string of the molecule is C[C@@H]1CC[C@@]2(OC1)O[C@H]1C[C@H]3[C@H]4CC[C@H]5C[C@@H](O[C@@H]6O[C@H](CO)[C@@H](O[C@@H]7O[C@H](CO)[C@@H](O)[C@H](O)[C@H]7O)[C@H](O)[C@H]6O)CC[C@@]5(C)[C@H]4CC[C@]3(C)[C@H]1[C@@H]2C. The standard InChI is InChI=1S/C39H64O13/c1-18-7-12-39(47-17-18)19(2)28-25(52-39)14-24-22-6-5-20-13-21(8-10-37(20,3)23(22)9-11-38(24,28)4)48-35-33(46)31(44)34(27(16-41)50-35)51-36-32(45)30(43)29(42)26(15-40)49-36/h18-36,40-46H,5-17H2,1-4H3/t18-,19+,20+,21+,22+,23+,24+,25+,26-,27-,28+,29-,30+,31-,32-,33-,34-,35-,36+,37-,38+,39-/m1/s1. The van der Waals surface area contributed by atoms with E-state index in [-0.39, 0.29) is 23.0 Å². The van der Waals surface area contributed by atoms with E-state index in [4.69, 9.17) is 28.4 Å². The van der Waals surface area contributed by atoms with Crippen LogP contribution in [0.4, 0.5) is 0 Å². The molecule has 7 N–H and O–H groups in total. The number of fused-ring (bicyclic) bond motifs is 7. The van der Waals surface area contributed by atoms with Crippen LogP contribution in [0, 0.1) is 52.3 Å². The van der Waals surface area contributed by atoms with Gasteiger partial charge in [-0.3, -0.25) is 0 Å². The Morgan fingerprint density at radius 3 is 2.08 bits per heavy atom. The molecule has 22 atom stereocenters. The highest BCUT2D eigenvalue weighted by Crippen LogP contribution is 2.71. The van der Waals surface area contributed by atoms with Crippen LogP contribution in [0.15, 0.2) is 0 Å². The lowest BCUT2D eigenvalue weighted by atomic mass is 9.44. The second-order valence-electron chi connectivity index (χ2n) is 18.7. The number of ether oxygens (including phenoxy) is 6. The maximum atomic E-state index is 11.2. The summed E-state index contributed by atoms with van der Waals surface area (Å²) < 4.78 is 37.0. The van der Waals surface area contributed by atoms with Crippen molar-refractivity contribution in [3.8, 4) is 0 Å². The molecule has 8 rings (SSSR count). The highest BCUT2D eigenvalue weighted by molar-refractivity contribution is 5.15. The summed E-state index contributed by atoms with van der Waals surface area (Å²) in [5.74, 6) is 3.63. The first-order chi connectivity index (χ1) is 24.7. The van der Waals surface area contributed by atoms with Gasteiger partial charge >= 0.3 is 0 Å². The Labute approximate surface area is 307 Å². The van der Waals surface area contributed by atoms with Gasteiger partial charge in [-0.05, 0) is 104 Å². The molecule has 0 unspecified atom stereocenters. The zero-order chi connectivity index (χ0) is 36.9. The molecule has 52 heavy (non-hydrogen) atoms. The van der Waals surface area contributed by atoms with Crippen LogP contribution >= 0.6 is 0 Å². The van der Waals surface area contributed by atoms with Crippen molar-refractivity contribution in [2.75, 3.05) is 19.8 Å². The monoisotopic (exact) mass is 740 g/mol. The molecule has 4 saturated heterocycles. The van der Waals surface area contributed by atoms with Crippen LogP contribution < -0.4 is 0 Å². The van der Waals surface area contributed by atoms with Gasteiger partial charge in [-0.15, -0.1) is 0 Å². The summed E-state index contributed by atoms with van der Waals surface area (Å²) in [4.78, 5) is 0. The predicted molar refractivity (Wildman–Crippen MR) is 183 cm³/mol. The normalized spacial score (nSPS) is 59.0. The van der Waals surface area contributed by atoms with Crippen molar-refractivity contribution in [1.82, 2.24) is 0 Å². The topological polar surface area (TPSA) is 197 Å². The molecule has 13 heteroatoms. The second kappa shape index (κ2) is 14.1. The summed E-state index contributed by atoms with van der Waals surface area (Å²) in [6.07, 6.45) is -3.66. The third kappa shape index (κ3) is 5.98. The molecule has 0 aromatic carbocycles. The van der Waals surface area contributed by atoms with Gasteiger partial charge < -0.3 is 64.2 Å². The Morgan fingerprint density at radius 1 is 0.673 bits per heavy atom. The Hall–Kier alpha value is -0.520. The van der Waals surface area contributed by atoms with E-state index in [1.165, 1.54) is 25.7 Å². The van der Waals surface area contributed by atoms with Crippen LogP contribution in [-0.2, 0) is 28.4 Å². The van der Waals surface area contributed by atoms with Crippen LogP contribution in [-0.4, -0.2) is 135 Å². The van der Waals surface area contributed by atoms with E-state index in [1.807, 2.05) is 0 Å². The fourth-order valence-electron chi connectivity index (χ4n) is 13.2. The molecule has 298 valence electrons. The molecule has 4 aliphatic carbocycles. The lowest BCUT2D eigenvalue weighted by Crippen LogP contribution is -2.65. The summed E-state index contributed by atoms with van der Waals surface area (Å²) in [5.41, 5.74) is 0.468. The summed E-state index contributed by atoms with van der Waals surface area (Å²) in [6.45, 7) is 9.33. The molecule has 0 radical (unpaired) electrons. The quantitative estimate of drug-likeness (QED) is 0.194. The highest BCUT2D eigenvalue weighted by Gasteiger charge is 2.69. The molecule has 1 spiro atoms. The molecule has 0 bridgehead atoms. The number of hydrogen-bond donors (Lipinski definition) is 7. The van der Waals surface area contributed by atoms with Crippen LogP contribution in [0.1, 0.15) is 91.9 Å². The van der Waals surface area contributed by atoms with Crippen molar-refractivity contribution in [3.05, 3.63) is 0 Å². The average Bonchev–Trinajstić information content (AvgIpc) is 3.58. The molecule has 13 nitrogen and oxygen atoms in total. The first kappa shape index (κ1) is 38.4. The van der Waals surface area contributed by atoms with Crippen LogP contribution in [0.3, 0.4) is 0 Å². The lowest BCUT2D eigenvalue weighted by molar-refractivity contribution is -0.364. The van der Waals surface area contributed by atoms with Gasteiger partial charge in [0, 0.05) is 12.3 Å². The van der Waals surface area contributed by atoms with Gasteiger partial charge in [-0.2, -0.15) is 0 Å². The molecular weight excluding hydrogens is 676 g/mol. The number of rotatable bonds is 6. The molecule has 0 amide bonds. The maximum absolute atomic E-state index is 11.2. The van der Waals surface area contributed by atoms with Gasteiger partial charge in [-0.25, -0.2) is 0 Å². The van der Waals surface area contributed by atoms with Crippen molar-refractivity contribution in [1.29, 1.82) is 0 Å². The Bertz CT molecular complexity index is 1260. The highest BCUT2D eigenvalue weighted by atomic mass is 16.7. The van der Waals surface area contributed by atoms with Crippen molar-refractivity contribution in [2.24, 2.45) is 52.3 Å². The molecular formula is C39H64O13. The van der Waals surface area contributed by atoms with Crippen LogP contribution in [0.5, 0.6) is 0 Å². The van der Waals surface area contributed by atoms with Gasteiger partial charge in [0.15, 0.2) is 18.4 Å². The average molecular weight is 741 g/mol. The van der Waals surface area contributed by atoms with Gasteiger partial charge in [0.2, 0.25) is 0 Å². The van der Waals surface area contributed by atoms with E-state index < -0.39 is 80.4 Å². The number of hydrogen-bond acceptors (Lipinski definition) is 13.